The average molecular weight is 750 g/mol. The molecule has 0 aliphatic carbocycles. The molecule has 57 heavy (non-hydrogen) atoms. The SMILES string of the molecule is c1ccc(-c2nc(-c3cccc4oc5ccccc5c34)nc(-c3cccc4sc5ccc(-c6nc(-c7ccccc7)c7oc8ccccc8c7n6)cc5c34)n2)cc1. The van der Waals surface area contributed by atoms with Gasteiger partial charge in [0.1, 0.15) is 28.0 Å². The van der Waals surface area contributed by atoms with Crippen molar-refractivity contribution < 1.29 is 8.83 Å². The molecule has 12 aromatic rings. The second-order valence-corrected chi connectivity index (χ2v) is 15.1. The summed E-state index contributed by atoms with van der Waals surface area (Å²) < 4.78 is 14.9. The molecule has 0 spiro atoms. The lowest BCUT2D eigenvalue weighted by Crippen LogP contribution is -2.00. The molecular weight excluding hydrogens is 723 g/mol. The second-order valence-electron chi connectivity index (χ2n) is 14.0. The third-order valence-corrected chi connectivity index (χ3v) is 11.7. The van der Waals surface area contributed by atoms with Crippen molar-refractivity contribution in [3.63, 3.8) is 0 Å². The number of para-hydroxylation sites is 2. The summed E-state index contributed by atoms with van der Waals surface area (Å²) in [6.45, 7) is 0. The maximum absolute atomic E-state index is 6.38. The van der Waals surface area contributed by atoms with Gasteiger partial charge >= 0.3 is 0 Å². The van der Waals surface area contributed by atoms with Crippen LogP contribution in [0, 0.1) is 0 Å². The summed E-state index contributed by atoms with van der Waals surface area (Å²) in [4.78, 5) is 25.9. The molecule has 0 N–H and O–H groups in total. The minimum absolute atomic E-state index is 0.579. The van der Waals surface area contributed by atoms with Crippen LogP contribution in [-0.2, 0) is 0 Å². The number of aromatic nitrogens is 5. The van der Waals surface area contributed by atoms with E-state index >= 15 is 0 Å². The van der Waals surface area contributed by atoms with Gasteiger partial charge in [0.25, 0.3) is 0 Å². The zero-order valence-corrected chi connectivity index (χ0v) is 30.9. The van der Waals surface area contributed by atoms with E-state index in [1.165, 1.54) is 0 Å². The first-order valence-electron chi connectivity index (χ1n) is 18.7. The first-order valence-corrected chi connectivity index (χ1v) is 19.5. The maximum atomic E-state index is 6.38. The monoisotopic (exact) mass is 749 g/mol. The van der Waals surface area contributed by atoms with E-state index in [4.69, 9.17) is 33.8 Å². The van der Waals surface area contributed by atoms with E-state index in [-0.39, 0.29) is 0 Å². The van der Waals surface area contributed by atoms with Gasteiger partial charge in [0.05, 0.1) is 0 Å². The van der Waals surface area contributed by atoms with E-state index in [1.54, 1.807) is 11.3 Å². The summed E-state index contributed by atoms with van der Waals surface area (Å²) in [5.41, 5.74) is 9.20. The molecule has 0 unspecified atom stereocenters. The van der Waals surface area contributed by atoms with Gasteiger partial charge in [-0.05, 0) is 48.5 Å². The molecule has 0 atom stereocenters. The van der Waals surface area contributed by atoms with E-state index in [0.29, 0.717) is 28.9 Å². The van der Waals surface area contributed by atoms with Crippen LogP contribution in [0.3, 0.4) is 0 Å². The standard InChI is InChI=1S/C49H27N5O2S/c1-3-13-28(14-4-1)43-45-44(32-18-8-10-22-37(32)56-45)51-47(50-43)30-25-26-39-35(27-30)42-34(20-12-24-40(42)57-39)49-53-46(29-15-5-2-6-16-29)52-48(54-49)33-19-11-23-38-41(33)31-17-7-9-21-36(31)55-38/h1-27H. The normalized spacial score (nSPS) is 11.9. The Labute approximate surface area is 328 Å². The van der Waals surface area contributed by atoms with E-state index in [2.05, 4.69) is 66.7 Å². The number of thiophene rings is 1. The molecule has 0 aliphatic rings. The van der Waals surface area contributed by atoms with Gasteiger partial charge in [0, 0.05) is 64.1 Å². The number of furan rings is 2. The van der Waals surface area contributed by atoms with Crippen LogP contribution in [0.1, 0.15) is 0 Å². The lowest BCUT2D eigenvalue weighted by Gasteiger charge is -2.10. The van der Waals surface area contributed by atoms with Crippen molar-refractivity contribution in [3.05, 3.63) is 164 Å². The van der Waals surface area contributed by atoms with Gasteiger partial charge in [-0.2, -0.15) is 0 Å². The van der Waals surface area contributed by atoms with Crippen molar-refractivity contribution in [2.24, 2.45) is 0 Å². The highest BCUT2D eigenvalue weighted by Gasteiger charge is 2.22. The largest absolute Gasteiger partial charge is 0.456 e. The van der Waals surface area contributed by atoms with Crippen LogP contribution in [0.15, 0.2) is 173 Å². The first-order chi connectivity index (χ1) is 28.2. The van der Waals surface area contributed by atoms with E-state index in [1.807, 2.05) is 97.1 Å². The Kier molecular flexibility index (Phi) is 6.96. The van der Waals surface area contributed by atoms with Crippen LogP contribution in [0.2, 0.25) is 0 Å². The van der Waals surface area contributed by atoms with Crippen LogP contribution in [-0.4, -0.2) is 24.9 Å². The molecule has 12 rings (SSSR count). The molecule has 8 heteroatoms. The maximum Gasteiger partial charge on any atom is 0.180 e. The number of benzene rings is 7. The van der Waals surface area contributed by atoms with Gasteiger partial charge in [-0.15, -0.1) is 11.3 Å². The molecule has 5 heterocycles. The lowest BCUT2D eigenvalue weighted by atomic mass is 10.0. The summed E-state index contributed by atoms with van der Waals surface area (Å²) >= 11 is 1.75. The van der Waals surface area contributed by atoms with E-state index in [0.717, 1.165) is 92.1 Å². The van der Waals surface area contributed by atoms with E-state index < -0.39 is 0 Å². The fourth-order valence-corrected chi connectivity index (χ4v) is 9.07. The minimum atomic E-state index is 0.579. The summed E-state index contributed by atoms with van der Waals surface area (Å²) in [6.07, 6.45) is 0. The van der Waals surface area contributed by atoms with Crippen molar-refractivity contribution in [2.45, 2.75) is 0 Å². The molecule has 0 bridgehead atoms. The summed E-state index contributed by atoms with van der Waals surface area (Å²) in [6, 6.07) is 55.2. The van der Waals surface area contributed by atoms with Crippen LogP contribution in [0.4, 0.5) is 0 Å². The van der Waals surface area contributed by atoms with Gasteiger partial charge in [-0.25, -0.2) is 24.9 Å². The fraction of sp³-hybridized carbons (Fsp3) is 0. The third-order valence-electron chi connectivity index (χ3n) is 10.6. The van der Waals surface area contributed by atoms with Crippen LogP contribution in [0.5, 0.6) is 0 Å². The van der Waals surface area contributed by atoms with Gasteiger partial charge in [-0.3, -0.25) is 0 Å². The Morgan fingerprint density at radius 3 is 1.77 bits per heavy atom. The molecule has 0 radical (unpaired) electrons. The fourth-order valence-electron chi connectivity index (χ4n) is 7.96. The van der Waals surface area contributed by atoms with Gasteiger partial charge in [0.2, 0.25) is 0 Å². The number of hydrogen-bond donors (Lipinski definition) is 0. The van der Waals surface area contributed by atoms with Crippen molar-refractivity contribution in [3.8, 4) is 56.8 Å². The van der Waals surface area contributed by atoms with Crippen molar-refractivity contribution in [2.75, 3.05) is 0 Å². The zero-order valence-electron chi connectivity index (χ0n) is 30.0. The highest BCUT2D eigenvalue weighted by atomic mass is 32.1. The molecule has 7 aromatic carbocycles. The molecular formula is C49H27N5O2S. The summed E-state index contributed by atoms with van der Waals surface area (Å²) in [5.74, 6) is 2.39. The predicted molar refractivity (Wildman–Crippen MR) is 230 cm³/mol. The van der Waals surface area contributed by atoms with Crippen molar-refractivity contribution in [1.82, 2.24) is 24.9 Å². The van der Waals surface area contributed by atoms with Crippen molar-refractivity contribution in [1.29, 1.82) is 0 Å². The zero-order chi connectivity index (χ0) is 37.5. The molecule has 0 fully saturated rings. The molecule has 0 amide bonds. The van der Waals surface area contributed by atoms with Gasteiger partial charge < -0.3 is 8.83 Å². The van der Waals surface area contributed by atoms with E-state index in [9.17, 15) is 0 Å². The lowest BCUT2D eigenvalue weighted by molar-refractivity contribution is 0.667. The van der Waals surface area contributed by atoms with Crippen LogP contribution >= 0.6 is 11.3 Å². The quantitative estimate of drug-likeness (QED) is 0.173. The Hall–Kier alpha value is -7.55. The molecule has 0 aliphatic heterocycles. The molecule has 0 saturated carbocycles. The van der Waals surface area contributed by atoms with Crippen LogP contribution < -0.4 is 0 Å². The number of hydrogen-bond acceptors (Lipinski definition) is 8. The average Bonchev–Trinajstić information content (AvgIpc) is 3.97. The Morgan fingerprint density at radius 1 is 0.368 bits per heavy atom. The summed E-state index contributed by atoms with van der Waals surface area (Å²) in [7, 11) is 0. The van der Waals surface area contributed by atoms with Crippen LogP contribution in [0.25, 0.3) is 121 Å². The second kappa shape index (κ2) is 12.5. The van der Waals surface area contributed by atoms with Gasteiger partial charge in [-0.1, -0.05) is 115 Å². The number of nitrogens with zero attached hydrogens (tertiary/aromatic N) is 5. The third kappa shape index (κ3) is 5.08. The number of fused-ring (bicyclic) bond motifs is 9. The molecule has 0 saturated heterocycles. The topological polar surface area (TPSA) is 90.7 Å². The first kappa shape index (κ1) is 31.8. The highest BCUT2D eigenvalue weighted by Crippen LogP contribution is 2.43. The van der Waals surface area contributed by atoms with Gasteiger partial charge in [0.15, 0.2) is 28.9 Å². The number of rotatable bonds is 5. The Morgan fingerprint density at radius 2 is 0.982 bits per heavy atom. The Balaban J connectivity index is 1.09. The Bertz CT molecular complexity index is 3540. The smallest absolute Gasteiger partial charge is 0.180 e. The molecule has 5 aromatic heterocycles. The molecule has 266 valence electrons. The highest BCUT2D eigenvalue weighted by molar-refractivity contribution is 7.26. The summed E-state index contributed by atoms with van der Waals surface area (Å²) in [5, 5.41) is 5.10. The molecule has 7 nitrogen and oxygen atoms in total. The predicted octanol–water partition coefficient (Wildman–Crippen LogP) is 13.2. The van der Waals surface area contributed by atoms with Crippen molar-refractivity contribution >= 4 is 75.5 Å². The minimum Gasteiger partial charge on any atom is -0.456 e.